The molecular formula is C24H48O2. The maximum absolute atomic E-state index is 11.6. The summed E-state index contributed by atoms with van der Waals surface area (Å²) in [7, 11) is 0. The Balaban J connectivity index is 3.24. The lowest BCUT2D eigenvalue weighted by Gasteiger charge is -2.11. The first-order valence-electron chi connectivity index (χ1n) is 11.9. The Labute approximate surface area is 164 Å². The Bertz CT molecular complexity index is 288. The maximum Gasteiger partial charge on any atom is 0.305 e. The fourth-order valence-corrected chi connectivity index (χ4v) is 3.50. The van der Waals surface area contributed by atoms with Crippen molar-refractivity contribution >= 4 is 5.97 Å². The fourth-order valence-electron chi connectivity index (χ4n) is 3.50. The molecule has 0 aliphatic carbocycles. The van der Waals surface area contributed by atoms with Crippen molar-refractivity contribution in [2.75, 3.05) is 6.61 Å². The van der Waals surface area contributed by atoms with Crippen molar-refractivity contribution < 1.29 is 9.53 Å². The number of ether oxygens (including phenoxy) is 1. The molecule has 156 valence electrons. The van der Waals surface area contributed by atoms with Crippen LogP contribution in [-0.4, -0.2) is 12.6 Å². The van der Waals surface area contributed by atoms with E-state index in [1.54, 1.807) is 0 Å². The number of unbranched alkanes of at least 4 members (excludes halogenated alkanes) is 12. The molecule has 1 atom stereocenters. The summed E-state index contributed by atoms with van der Waals surface area (Å²) in [6.07, 6.45) is 22.6. The molecule has 0 fully saturated rings. The third-order valence-corrected chi connectivity index (χ3v) is 5.39. The second kappa shape index (κ2) is 20.8. The molecule has 0 radical (unpaired) electrons. The lowest BCUT2D eigenvalue weighted by atomic mass is 9.96. The molecular weight excluding hydrogens is 320 g/mol. The van der Waals surface area contributed by atoms with Crippen LogP contribution in [-0.2, 0) is 9.53 Å². The maximum atomic E-state index is 11.6. The van der Waals surface area contributed by atoms with Gasteiger partial charge in [-0.3, -0.25) is 4.79 Å². The zero-order valence-corrected chi connectivity index (χ0v) is 18.3. The molecule has 0 N–H and O–H groups in total. The molecule has 0 bridgehead atoms. The summed E-state index contributed by atoms with van der Waals surface area (Å²) < 4.78 is 5.33. The van der Waals surface area contributed by atoms with Crippen LogP contribution in [0.1, 0.15) is 136 Å². The average Bonchev–Trinajstić information content (AvgIpc) is 2.63. The Kier molecular flexibility index (Phi) is 20.4. The molecule has 0 amide bonds. The molecule has 0 aromatic rings. The number of rotatable bonds is 20. The van der Waals surface area contributed by atoms with E-state index >= 15 is 0 Å². The molecule has 0 heterocycles. The molecule has 1 unspecified atom stereocenters. The lowest BCUT2D eigenvalue weighted by Crippen LogP contribution is -2.05. The van der Waals surface area contributed by atoms with Crippen LogP contribution in [0.2, 0.25) is 0 Å². The molecule has 0 saturated heterocycles. The highest BCUT2D eigenvalue weighted by Gasteiger charge is 2.03. The standard InChI is InChI=1S/C24H48O2/c1-4-6-8-11-15-19-23(3)20-16-13-10-14-18-22-26-24(25)21-17-12-9-7-5-2/h23H,4-22H2,1-3H3. The molecule has 0 aromatic heterocycles. The average molecular weight is 369 g/mol. The molecule has 0 aromatic carbocycles. The highest BCUT2D eigenvalue weighted by atomic mass is 16.5. The predicted octanol–water partition coefficient (Wildman–Crippen LogP) is 8.23. The van der Waals surface area contributed by atoms with Crippen molar-refractivity contribution in [2.24, 2.45) is 5.92 Å². The van der Waals surface area contributed by atoms with Gasteiger partial charge in [0.25, 0.3) is 0 Å². The Morgan fingerprint density at radius 1 is 0.654 bits per heavy atom. The van der Waals surface area contributed by atoms with E-state index < -0.39 is 0 Å². The van der Waals surface area contributed by atoms with Gasteiger partial charge in [-0.2, -0.15) is 0 Å². The summed E-state index contributed by atoms with van der Waals surface area (Å²) in [5, 5.41) is 0. The van der Waals surface area contributed by atoms with E-state index in [1.807, 2.05) is 0 Å². The van der Waals surface area contributed by atoms with Crippen molar-refractivity contribution in [3.63, 3.8) is 0 Å². The summed E-state index contributed by atoms with van der Waals surface area (Å²) in [4.78, 5) is 11.6. The number of carbonyl (C=O) groups is 1. The van der Waals surface area contributed by atoms with E-state index in [4.69, 9.17) is 4.74 Å². The molecule has 26 heavy (non-hydrogen) atoms. The van der Waals surface area contributed by atoms with Gasteiger partial charge in [-0.1, -0.05) is 117 Å². The highest BCUT2D eigenvalue weighted by molar-refractivity contribution is 5.69. The van der Waals surface area contributed by atoms with Crippen molar-refractivity contribution in [2.45, 2.75) is 136 Å². The Morgan fingerprint density at radius 3 is 1.69 bits per heavy atom. The number of carbonyl (C=O) groups excluding carboxylic acids is 1. The van der Waals surface area contributed by atoms with Crippen LogP contribution in [0.3, 0.4) is 0 Å². The van der Waals surface area contributed by atoms with E-state index in [1.165, 1.54) is 96.3 Å². The zero-order chi connectivity index (χ0) is 19.3. The lowest BCUT2D eigenvalue weighted by molar-refractivity contribution is -0.143. The van der Waals surface area contributed by atoms with Gasteiger partial charge in [0, 0.05) is 6.42 Å². The molecule has 2 nitrogen and oxygen atoms in total. The minimum Gasteiger partial charge on any atom is -0.466 e. The van der Waals surface area contributed by atoms with Gasteiger partial charge >= 0.3 is 5.97 Å². The van der Waals surface area contributed by atoms with Crippen molar-refractivity contribution in [1.82, 2.24) is 0 Å². The van der Waals surface area contributed by atoms with Gasteiger partial charge in [0.15, 0.2) is 0 Å². The first-order chi connectivity index (χ1) is 12.7. The van der Waals surface area contributed by atoms with Gasteiger partial charge in [-0.15, -0.1) is 0 Å². The van der Waals surface area contributed by atoms with Crippen LogP contribution in [0.15, 0.2) is 0 Å². The third kappa shape index (κ3) is 19.8. The molecule has 0 saturated carbocycles. The smallest absolute Gasteiger partial charge is 0.305 e. The monoisotopic (exact) mass is 368 g/mol. The summed E-state index contributed by atoms with van der Waals surface area (Å²) in [6, 6.07) is 0. The van der Waals surface area contributed by atoms with E-state index in [0.717, 1.165) is 18.8 Å². The van der Waals surface area contributed by atoms with Gasteiger partial charge in [0.1, 0.15) is 0 Å². The van der Waals surface area contributed by atoms with Crippen molar-refractivity contribution in [3.05, 3.63) is 0 Å². The van der Waals surface area contributed by atoms with E-state index in [-0.39, 0.29) is 5.97 Å². The Hall–Kier alpha value is -0.530. The van der Waals surface area contributed by atoms with Gasteiger partial charge < -0.3 is 4.74 Å². The summed E-state index contributed by atoms with van der Waals surface area (Å²) >= 11 is 0. The molecule has 2 heteroatoms. The summed E-state index contributed by atoms with van der Waals surface area (Å²) in [5.74, 6) is 0.907. The minimum atomic E-state index is 0.00857. The van der Waals surface area contributed by atoms with E-state index in [2.05, 4.69) is 20.8 Å². The van der Waals surface area contributed by atoms with Crippen molar-refractivity contribution in [3.8, 4) is 0 Å². The normalized spacial score (nSPS) is 12.3. The third-order valence-electron chi connectivity index (χ3n) is 5.39. The van der Waals surface area contributed by atoms with Crippen LogP contribution in [0.25, 0.3) is 0 Å². The number of hydrogen-bond donors (Lipinski definition) is 0. The quantitative estimate of drug-likeness (QED) is 0.160. The van der Waals surface area contributed by atoms with Crippen LogP contribution in [0.4, 0.5) is 0 Å². The SMILES string of the molecule is CCCCCCCC(=O)OCCCCCCCC(C)CCCCCCC. The molecule has 0 spiro atoms. The van der Waals surface area contributed by atoms with Crippen molar-refractivity contribution in [1.29, 1.82) is 0 Å². The first kappa shape index (κ1) is 25.5. The highest BCUT2D eigenvalue weighted by Crippen LogP contribution is 2.18. The summed E-state index contributed by atoms with van der Waals surface area (Å²) in [5.41, 5.74) is 0. The van der Waals surface area contributed by atoms with Crippen LogP contribution in [0.5, 0.6) is 0 Å². The summed E-state index contributed by atoms with van der Waals surface area (Å²) in [6.45, 7) is 7.54. The van der Waals surface area contributed by atoms with Gasteiger partial charge in [-0.05, 0) is 18.8 Å². The fraction of sp³-hybridized carbons (Fsp3) is 0.958. The predicted molar refractivity (Wildman–Crippen MR) is 115 cm³/mol. The van der Waals surface area contributed by atoms with E-state index in [9.17, 15) is 4.79 Å². The van der Waals surface area contributed by atoms with Gasteiger partial charge in [0.2, 0.25) is 0 Å². The van der Waals surface area contributed by atoms with E-state index in [0.29, 0.717) is 13.0 Å². The topological polar surface area (TPSA) is 26.3 Å². The number of hydrogen-bond acceptors (Lipinski definition) is 2. The van der Waals surface area contributed by atoms with Gasteiger partial charge in [0.05, 0.1) is 6.61 Å². The second-order valence-corrected chi connectivity index (χ2v) is 8.25. The largest absolute Gasteiger partial charge is 0.466 e. The molecule has 0 rings (SSSR count). The van der Waals surface area contributed by atoms with Crippen LogP contribution >= 0.6 is 0 Å². The molecule has 0 aliphatic rings. The molecule has 0 aliphatic heterocycles. The first-order valence-corrected chi connectivity index (χ1v) is 11.9. The van der Waals surface area contributed by atoms with Crippen LogP contribution in [0, 0.1) is 5.92 Å². The number of esters is 1. The minimum absolute atomic E-state index is 0.00857. The zero-order valence-electron chi connectivity index (χ0n) is 18.3. The second-order valence-electron chi connectivity index (χ2n) is 8.25. The van der Waals surface area contributed by atoms with Crippen LogP contribution < -0.4 is 0 Å². The Morgan fingerprint density at radius 2 is 1.12 bits per heavy atom. The van der Waals surface area contributed by atoms with Gasteiger partial charge in [-0.25, -0.2) is 0 Å².